The van der Waals surface area contributed by atoms with E-state index in [0.29, 0.717) is 26.2 Å². The monoisotopic (exact) mass is 373 g/mol. The number of hydrogen-bond acceptors (Lipinski definition) is 3. The minimum atomic E-state index is -0.449. The van der Waals surface area contributed by atoms with E-state index in [0.717, 1.165) is 28.0 Å². The molecule has 3 aromatic carbocycles. The number of carbonyl (C=O) groups is 1. The molecule has 1 aliphatic rings. The summed E-state index contributed by atoms with van der Waals surface area (Å²) in [4.78, 5) is 12.4. The first kappa shape index (κ1) is 18.3. The van der Waals surface area contributed by atoms with Crippen LogP contribution in [0.3, 0.4) is 0 Å². The predicted octanol–water partition coefficient (Wildman–Crippen LogP) is 4.02. The maximum Gasteiger partial charge on any atom is 0.261 e. The molecule has 4 nitrogen and oxygen atoms in total. The van der Waals surface area contributed by atoms with Crippen molar-refractivity contribution in [3.63, 3.8) is 0 Å². The average molecular weight is 373 g/mol. The zero-order valence-corrected chi connectivity index (χ0v) is 15.6. The van der Waals surface area contributed by atoms with Crippen molar-refractivity contribution in [2.24, 2.45) is 0 Å². The van der Waals surface area contributed by atoms with Crippen LogP contribution < -0.4 is 10.1 Å². The van der Waals surface area contributed by atoms with Gasteiger partial charge >= 0.3 is 0 Å². The Morgan fingerprint density at radius 3 is 2.46 bits per heavy atom. The third kappa shape index (κ3) is 4.59. The van der Waals surface area contributed by atoms with Crippen molar-refractivity contribution in [2.45, 2.75) is 32.3 Å². The van der Waals surface area contributed by atoms with Crippen molar-refractivity contribution in [3.8, 4) is 5.75 Å². The summed E-state index contributed by atoms with van der Waals surface area (Å²) in [7, 11) is 0. The predicted molar refractivity (Wildman–Crippen MR) is 108 cm³/mol. The summed E-state index contributed by atoms with van der Waals surface area (Å²) in [5.41, 5.74) is 4.38. The van der Waals surface area contributed by atoms with Gasteiger partial charge in [0.1, 0.15) is 5.75 Å². The van der Waals surface area contributed by atoms with Crippen LogP contribution in [-0.2, 0) is 35.7 Å². The van der Waals surface area contributed by atoms with Crippen LogP contribution in [0.2, 0.25) is 0 Å². The van der Waals surface area contributed by atoms with E-state index in [1.54, 1.807) is 0 Å². The Kier molecular flexibility index (Phi) is 5.69. The highest BCUT2D eigenvalue weighted by Crippen LogP contribution is 2.28. The van der Waals surface area contributed by atoms with Gasteiger partial charge in [-0.3, -0.25) is 4.79 Å². The summed E-state index contributed by atoms with van der Waals surface area (Å²) in [6.45, 7) is 1.60. The van der Waals surface area contributed by atoms with Gasteiger partial charge in [-0.05, 0) is 28.3 Å². The van der Waals surface area contributed by atoms with Crippen molar-refractivity contribution in [3.05, 3.63) is 101 Å². The molecule has 1 heterocycles. The van der Waals surface area contributed by atoms with Crippen LogP contribution in [0.15, 0.2) is 78.9 Å². The van der Waals surface area contributed by atoms with Crippen molar-refractivity contribution < 1.29 is 14.3 Å². The lowest BCUT2D eigenvalue weighted by molar-refractivity contribution is -0.127. The average Bonchev–Trinajstić information content (AvgIpc) is 3.18. The summed E-state index contributed by atoms with van der Waals surface area (Å²) in [5, 5.41) is 2.98. The molecule has 0 aliphatic carbocycles. The van der Waals surface area contributed by atoms with E-state index < -0.39 is 6.10 Å². The van der Waals surface area contributed by atoms with E-state index >= 15 is 0 Å². The second-order valence-electron chi connectivity index (χ2n) is 6.93. The van der Waals surface area contributed by atoms with Gasteiger partial charge in [0.2, 0.25) is 0 Å². The second kappa shape index (κ2) is 8.72. The standard InChI is InChI=1S/C24H23NO3/c26-24(23-14-21-11-4-5-12-22(21)28-23)25-15-19-9-6-10-20(13-19)17-27-16-18-7-2-1-3-8-18/h1-13,23H,14-17H2,(H,25,26). The highest BCUT2D eigenvalue weighted by atomic mass is 16.5. The van der Waals surface area contributed by atoms with Gasteiger partial charge in [0, 0.05) is 13.0 Å². The van der Waals surface area contributed by atoms with Crippen molar-refractivity contribution in [2.75, 3.05) is 0 Å². The topological polar surface area (TPSA) is 47.6 Å². The lowest BCUT2D eigenvalue weighted by Crippen LogP contribution is -2.37. The van der Waals surface area contributed by atoms with Crippen molar-refractivity contribution in [1.29, 1.82) is 0 Å². The van der Waals surface area contributed by atoms with E-state index in [1.807, 2.05) is 60.7 Å². The van der Waals surface area contributed by atoms with Crippen molar-refractivity contribution in [1.82, 2.24) is 5.32 Å². The van der Waals surface area contributed by atoms with E-state index in [4.69, 9.17) is 9.47 Å². The molecule has 1 atom stereocenters. The van der Waals surface area contributed by atoms with Gasteiger partial charge in [0.05, 0.1) is 13.2 Å². The first-order chi connectivity index (χ1) is 13.8. The Morgan fingerprint density at radius 1 is 0.893 bits per heavy atom. The molecule has 142 valence electrons. The molecule has 0 fully saturated rings. The fraction of sp³-hybridized carbons (Fsp3) is 0.208. The number of rotatable bonds is 7. The Hall–Kier alpha value is -3.11. The molecular formula is C24H23NO3. The molecule has 3 aromatic rings. The van der Waals surface area contributed by atoms with Crippen LogP contribution >= 0.6 is 0 Å². The summed E-state index contributed by atoms with van der Waals surface area (Å²) in [6.07, 6.45) is 0.171. The highest BCUT2D eigenvalue weighted by molar-refractivity contribution is 5.82. The molecule has 0 radical (unpaired) electrons. The van der Waals surface area contributed by atoms with Crippen LogP contribution in [0.1, 0.15) is 22.3 Å². The minimum absolute atomic E-state index is 0.0815. The molecule has 0 saturated heterocycles. The summed E-state index contributed by atoms with van der Waals surface area (Å²) < 4.78 is 11.5. The third-order valence-electron chi connectivity index (χ3n) is 4.78. The maximum absolute atomic E-state index is 12.4. The maximum atomic E-state index is 12.4. The molecule has 0 aromatic heterocycles. The van der Waals surface area contributed by atoms with Crippen LogP contribution in [0, 0.1) is 0 Å². The minimum Gasteiger partial charge on any atom is -0.480 e. The number of hydrogen-bond donors (Lipinski definition) is 1. The molecule has 0 bridgehead atoms. The van der Waals surface area contributed by atoms with Gasteiger partial charge < -0.3 is 14.8 Å². The van der Waals surface area contributed by atoms with E-state index in [9.17, 15) is 4.79 Å². The number of amides is 1. The van der Waals surface area contributed by atoms with E-state index in [2.05, 4.69) is 23.5 Å². The second-order valence-corrected chi connectivity index (χ2v) is 6.93. The molecule has 28 heavy (non-hydrogen) atoms. The fourth-order valence-electron chi connectivity index (χ4n) is 3.32. The Balaban J connectivity index is 1.26. The molecule has 4 rings (SSSR count). The van der Waals surface area contributed by atoms with Crippen LogP contribution in [-0.4, -0.2) is 12.0 Å². The zero-order chi connectivity index (χ0) is 19.2. The summed E-state index contributed by atoms with van der Waals surface area (Å²) >= 11 is 0. The highest BCUT2D eigenvalue weighted by Gasteiger charge is 2.28. The van der Waals surface area contributed by atoms with E-state index in [1.165, 1.54) is 0 Å². The largest absolute Gasteiger partial charge is 0.480 e. The van der Waals surface area contributed by atoms with Gasteiger partial charge in [0.25, 0.3) is 5.91 Å². The number of fused-ring (bicyclic) bond motifs is 1. The van der Waals surface area contributed by atoms with Crippen molar-refractivity contribution >= 4 is 5.91 Å². The normalized spacial score (nSPS) is 14.9. The number of ether oxygens (including phenoxy) is 2. The summed E-state index contributed by atoms with van der Waals surface area (Å²) in [6, 6.07) is 26.0. The Morgan fingerprint density at radius 2 is 1.61 bits per heavy atom. The number of benzene rings is 3. The smallest absolute Gasteiger partial charge is 0.261 e. The van der Waals surface area contributed by atoms with Gasteiger partial charge in [0.15, 0.2) is 6.10 Å². The van der Waals surface area contributed by atoms with E-state index in [-0.39, 0.29) is 5.91 Å². The number of carbonyl (C=O) groups excluding carboxylic acids is 1. The van der Waals surface area contributed by atoms with Gasteiger partial charge in [-0.1, -0.05) is 72.8 Å². The number of nitrogens with one attached hydrogen (secondary N) is 1. The molecule has 1 amide bonds. The SMILES string of the molecule is O=C(NCc1cccc(COCc2ccccc2)c1)C1Cc2ccccc2O1. The third-order valence-corrected chi connectivity index (χ3v) is 4.78. The Labute approximate surface area is 165 Å². The Bertz CT molecular complexity index is 914. The molecule has 1 unspecified atom stereocenters. The quantitative estimate of drug-likeness (QED) is 0.680. The van der Waals surface area contributed by atoms with Gasteiger partial charge in [-0.25, -0.2) is 0 Å². The van der Waals surface area contributed by atoms with Gasteiger partial charge in [-0.15, -0.1) is 0 Å². The molecule has 1 aliphatic heterocycles. The van der Waals surface area contributed by atoms with Gasteiger partial charge in [-0.2, -0.15) is 0 Å². The molecule has 0 spiro atoms. The molecule has 1 N–H and O–H groups in total. The zero-order valence-electron chi connectivity index (χ0n) is 15.6. The molecule has 4 heteroatoms. The summed E-state index contributed by atoms with van der Waals surface area (Å²) in [5.74, 6) is 0.724. The lowest BCUT2D eigenvalue weighted by atomic mass is 10.1. The first-order valence-corrected chi connectivity index (χ1v) is 9.50. The van der Waals surface area contributed by atoms with Crippen LogP contribution in [0.5, 0.6) is 5.75 Å². The number of para-hydroxylation sites is 1. The lowest BCUT2D eigenvalue weighted by Gasteiger charge is -2.12. The first-order valence-electron chi connectivity index (χ1n) is 9.50. The fourth-order valence-corrected chi connectivity index (χ4v) is 3.32. The molecule has 0 saturated carbocycles. The van der Waals surface area contributed by atoms with Crippen LogP contribution in [0.25, 0.3) is 0 Å². The van der Waals surface area contributed by atoms with Crippen LogP contribution in [0.4, 0.5) is 0 Å². The molecular weight excluding hydrogens is 350 g/mol.